The van der Waals surface area contributed by atoms with Crippen LogP contribution in [0.3, 0.4) is 0 Å². The minimum absolute atomic E-state index is 0.339. The monoisotopic (exact) mass is 439 g/mol. The molecule has 0 spiro atoms. The molecule has 0 heterocycles. The molecule has 0 amide bonds. The van der Waals surface area contributed by atoms with Gasteiger partial charge in [-0.05, 0) is 102 Å². The molecule has 0 saturated heterocycles. The summed E-state index contributed by atoms with van der Waals surface area (Å²) in [6.45, 7) is 10.1. The molecule has 6 heteroatoms. The minimum Gasteiger partial charge on any atom is -0.496 e. The van der Waals surface area contributed by atoms with Crippen molar-refractivity contribution >= 4 is 26.0 Å². The number of ether oxygens (including phenoxy) is 1. The number of hydrogen-bond acceptors (Lipinski definition) is 3. The number of nitrogens with one attached hydrogen (secondary N) is 1. The maximum atomic E-state index is 12.9. The molecule has 1 N–H and O–H groups in total. The van der Waals surface area contributed by atoms with Crippen LogP contribution in [-0.2, 0) is 16.4 Å². The summed E-state index contributed by atoms with van der Waals surface area (Å²) in [6, 6.07) is 5.76. The third-order valence-electron chi connectivity index (χ3n) is 5.12. The number of halogens is 1. The van der Waals surface area contributed by atoms with Gasteiger partial charge in [-0.15, -0.1) is 0 Å². The van der Waals surface area contributed by atoms with Crippen LogP contribution in [0.2, 0.25) is 0 Å². The number of methoxy groups -OCH3 is 1. The second kappa shape index (κ2) is 8.11. The first-order valence-electron chi connectivity index (χ1n) is 8.49. The van der Waals surface area contributed by atoms with Crippen molar-refractivity contribution in [2.24, 2.45) is 0 Å². The number of hydrogen-bond donors (Lipinski definition) is 1. The largest absolute Gasteiger partial charge is 0.496 e. The molecule has 26 heavy (non-hydrogen) atoms. The number of benzene rings is 2. The third-order valence-corrected chi connectivity index (χ3v) is 7.48. The average molecular weight is 440 g/mol. The van der Waals surface area contributed by atoms with Crippen LogP contribution < -0.4 is 9.46 Å². The van der Waals surface area contributed by atoms with E-state index in [9.17, 15) is 8.42 Å². The standard InChI is InChI=1S/C20H26BrNO3S/c1-12-13(2)15(4)20(16(5)14(12)3)26(23,24)22-10-9-17-7-8-19(25-6)18(21)11-17/h7-8,11,22H,9-10H2,1-6H3. The van der Waals surface area contributed by atoms with Crippen molar-refractivity contribution in [1.29, 1.82) is 0 Å². The zero-order valence-corrected chi connectivity index (χ0v) is 18.6. The summed E-state index contributed by atoms with van der Waals surface area (Å²) in [5, 5.41) is 0. The first-order valence-corrected chi connectivity index (χ1v) is 10.8. The van der Waals surface area contributed by atoms with E-state index in [1.165, 1.54) is 0 Å². The second-order valence-corrected chi connectivity index (χ2v) is 9.13. The Kier molecular flexibility index (Phi) is 6.53. The van der Waals surface area contributed by atoms with Gasteiger partial charge in [0.05, 0.1) is 16.5 Å². The van der Waals surface area contributed by atoms with E-state index in [1.807, 2.05) is 52.8 Å². The fraction of sp³-hybridized carbons (Fsp3) is 0.400. The van der Waals surface area contributed by atoms with Crippen molar-refractivity contribution in [3.63, 3.8) is 0 Å². The molecular weight excluding hydrogens is 414 g/mol. The number of rotatable bonds is 6. The lowest BCUT2D eigenvalue weighted by molar-refractivity contribution is 0.412. The molecule has 0 aliphatic rings. The lowest BCUT2D eigenvalue weighted by Gasteiger charge is -2.19. The second-order valence-electron chi connectivity index (χ2n) is 6.57. The fourth-order valence-corrected chi connectivity index (χ4v) is 5.35. The van der Waals surface area contributed by atoms with Crippen LogP contribution in [0.15, 0.2) is 27.6 Å². The molecule has 0 fully saturated rings. The van der Waals surface area contributed by atoms with E-state index in [0.29, 0.717) is 17.9 Å². The Hall–Kier alpha value is -1.37. The zero-order valence-electron chi connectivity index (χ0n) is 16.2. The highest BCUT2D eigenvalue weighted by atomic mass is 79.9. The number of sulfonamides is 1. The molecular formula is C20H26BrNO3S. The minimum atomic E-state index is -3.56. The smallest absolute Gasteiger partial charge is 0.241 e. The first kappa shape index (κ1) is 20.9. The summed E-state index contributed by atoms with van der Waals surface area (Å²) >= 11 is 3.45. The van der Waals surface area contributed by atoms with E-state index in [1.54, 1.807) is 7.11 Å². The van der Waals surface area contributed by atoms with Gasteiger partial charge in [-0.2, -0.15) is 0 Å². The Bertz CT molecular complexity index is 908. The summed E-state index contributed by atoms with van der Waals surface area (Å²) in [5.41, 5.74) is 5.91. The first-order chi connectivity index (χ1) is 12.1. The van der Waals surface area contributed by atoms with Crippen LogP contribution in [0.25, 0.3) is 0 Å². The maximum Gasteiger partial charge on any atom is 0.241 e. The normalized spacial score (nSPS) is 11.7. The van der Waals surface area contributed by atoms with E-state index >= 15 is 0 Å². The summed E-state index contributed by atoms with van der Waals surface area (Å²) in [4.78, 5) is 0.411. The van der Waals surface area contributed by atoms with Gasteiger partial charge in [0.1, 0.15) is 5.75 Å². The molecule has 0 aliphatic heterocycles. The van der Waals surface area contributed by atoms with Gasteiger partial charge in [-0.3, -0.25) is 0 Å². The lowest BCUT2D eigenvalue weighted by Crippen LogP contribution is -2.28. The lowest BCUT2D eigenvalue weighted by atomic mass is 9.95. The molecule has 2 aromatic rings. The van der Waals surface area contributed by atoms with Crippen LogP contribution >= 0.6 is 15.9 Å². The molecule has 0 aromatic heterocycles. The Balaban J connectivity index is 2.21. The van der Waals surface area contributed by atoms with Gasteiger partial charge in [0, 0.05) is 6.54 Å². The molecule has 2 aromatic carbocycles. The Morgan fingerprint density at radius 2 is 1.50 bits per heavy atom. The molecule has 0 atom stereocenters. The molecule has 0 saturated carbocycles. The van der Waals surface area contributed by atoms with Crippen molar-refractivity contribution in [2.45, 2.75) is 45.9 Å². The molecule has 0 aliphatic carbocycles. The van der Waals surface area contributed by atoms with Gasteiger partial charge in [0.2, 0.25) is 10.0 Å². The molecule has 0 unspecified atom stereocenters. The molecule has 4 nitrogen and oxygen atoms in total. The van der Waals surface area contributed by atoms with Gasteiger partial charge in [0.15, 0.2) is 0 Å². The molecule has 2 rings (SSSR count). The summed E-state index contributed by atoms with van der Waals surface area (Å²) in [7, 11) is -1.95. The summed E-state index contributed by atoms with van der Waals surface area (Å²) in [5.74, 6) is 0.756. The fourth-order valence-electron chi connectivity index (χ4n) is 3.14. The third kappa shape index (κ3) is 4.13. The molecule has 0 bridgehead atoms. The highest BCUT2D eigenvalue weighted by Gasteiger charge is 2.23. The topological polar surface area (TPSA) is 55.4 Å². The van der Waals surface area contributed by atoms with Crippen molar-refractivity contribution in [3.8, 4) is 5.75 Å². The SMILES string of the molecule is COc1ccc(CCNS(=O)(=O)c2c(C)c(C)c(C)c(C)c2C)cc1Br. The van der Waals surface area contributed by atoms with Crippen molar-refractivity contribution in [1.82, 2.24) is 4.72 Å². The Labute approximate surface area is 165 Å². The molecule has 142 valence electrons. The maximum absolute atomic E-state index is 12.9. The van der Waals surface area contributed by atoms with E-state index in [2.05, 4.69) is 20.7 Å². The predicted octanol–water partition coefficient (Wildman–Crippen LogP) is 4.52. The van der Waals surface area contributed by atoms with E-state index < -0.39 is 10.0 Å². The molecule has 0 radical (unpaired) electrons. The Morgan fingerprint density at radius 3 is 2.00 bits per heavy atom. The summed E-state index contributed by atoms with van der Waals surface area (Å²) in [6.07, 6.45) is 0.601. The van der Waals surface area contributed by atoms with E-state index in [-0.39, 0.29) is 0 Å². The van der Waals surface area contributed by atoms with Crippen molar-refractivity contribution in [3.05, 3.63) is 56.1 Å². The van der Waals surface area contributed by atoms with Crippen LogP contribution in [0.1, 0.15) is 33.4 Å². The van der Waals surface area contributed by atoms with Gasteiger partial charge in [0.25, 0.3) is 0 Å². The van der Waals surface area contributed by atoms with Crippen LogP contribution in [0.5, 0.6) is 5.75 Å². The van der Waals surface area contributed by atoms with Gasteiger partial charge in [-0.1, -0.05) is 6.07 Å². The summed E-state index contributed by atoms with van der Waals surface area (Å²) < 4.78 is 34.6. The van der Waals surface area contributed by atoms with Gasteiger partial charge in [-0.25, -0.2) is 13.1 Å². The highest BCUT2D eigenvalue weighted by Crippen LogP contribution is 2.29. The average Bonchev–Trinajstić information content (AvgIpc) is 2.58. The quantitative estimate of drug-likeness (QED) is 0.719. The van der Waals surface area contributed by atoms with Crippen LogP contribution in [0, 0.1) is 34.6 Å². The van der Waals surface area contributed by atoms with E-state index in [0.717, 1.165) is 43.6 Å². The Morgan fingerprint density at radius 1 is 0.962 bits per heavy atom. The predicted molar refractivity (Wildman–Crippen MR) is 110 cm³/mol. The zero-order chi connectivity index (χ0) is 19.6. The van der Waals surface area contributed by atoms with Crippen molar-refractivity contribution < 1.29 is 13.2 Å². The van der Waals surface area contributed by atoms with Gasteiger partial charge < -0.3 is 4.74 Å². The van der Waals surface area contributed by atoms with E-state index in [4.69, 9.17) is 4.74 Å². The van der Waals surface area contributed by atoms with Crippen LogP contribution in [-0.4, -0.2) is 22.1 Å². The van der Waals surface area contributed by atoms with Crippen molar-refractivity contribution in [2.75, 3.05) is 13.7 Å². The highest BCUT2D eigenvalue weighted by molar-refractivity contribution is 9.10. The van der Waals surface area contributed by atoms with Crippen LogP contribution in [0.4, 0.5) is 0 Å². The van der Waals surface area contributed by atoms with Gasteiger partial charge >= 0.3 is 0 Å².